The third-order valence-corrected chi connectivity index (χ3v) is 2.46. The first kappa shape index (κ1) is 13.2. The molecule has 0 atom stereocenters. The number of furan rings is 1. The monoisotopic (exact) mass is 269 g/mol. The van der Waals surface area contributed by atoms with Crippen LogP contribution in [0, 0.1) is 0 Å². The van der Waals surface area contributed by atoms with Crippen molar-refractivity contribution in [1.82, 2.24) is 0 Å². The third kappa shape index (κ3) is 3.61. The average Bonchev–Trinajstić information content (AvgIpc) is 2.89. The van der Waals surface area contributed by atoms with Gasteiger partial charge < -0.3 is 19.2 Å². The molecule has 0 bridgehead atoms. The van der Waals surface area contributed by atoms with Gasteiger partial charge in [0.25, 0.3) is 0 Å². The number of anilines is 1. The van der Waals surface area contributed by atoms with E-state index in [1.807, 2.05) is 6.07 Å². The van der Waals surface area contributed by atoms with E-state index in [0.29, 0.717) is 12.2 Å². The number of hydrogen-bond acceptors (Lipinski definition) is 4. The van der Waals surface area contributed by atoms with Crippen LogP contribution in [0.3, 0.4) is 0 Å². The summed E-state index contributed by atoms with van der Waals surface area (Å²) in [6, 6.07) is 6.56. The van der Waals surface area contributed by atoms with Crippen LogP contribution in [0.15, 0.2) is 41.2 Å². The first-order valence-corrected chi connectivity index (χ1v) is 5.57. The summed E-state index contributed by atoms with van der Waals surface area (Å²) in [5.41, 5.74) is 1.60. The standard InChI is InChI=1S/C13H13F2NO3/c1-17-11-3-2-10(6-12(11)19-13(14)15)16-7-9-4-5-18-8-9/h2-6,8,13,16H,7H2,1H3. The van der Waals surface area contributed by atoms with Gasteiger partial charge in [-0.15, -0.1) is 0 Å². The second-order valence-corrected chi connectivity index (χ2v) is 3.73. The Balaban J connectivity index is 2.08. The molecule has 0 aliphatic heterocycles. The van der Waals surface area contributed by atoms with E-state index in [-0.39, 0.29) is 11.5 Å². The van der Waals surface area contributed by atoms with Crippen molar-refractivity contribution in [3.63, 3.8) is 0 Å². The molecule has 1 aromatic carbocycles. The minimum absolute atomic E-state index is 0.00491. The van der Waals surface area contributed by atoms with E-state index in [1.54, 1.807) is 24.7 Å². The normalized spacial score (nSPS) is 10.5. The number of methoxy groups -OCH3 is 1. The predicted octanol–water partition coefficient (Wildman–Crippen LogP) is 3.50. The lowest BCUT2D eigenvalue weighted by Gasteiger charge is -2.12. The lowest BCUT2D eigenvalue weighted by molar-refractivity contribution is -0.0511. The maximum absolute atomic E-state index is 12.3. The Morgan fingerprint density at radius 3 is 2.74 bits per heavy atom. The van der Waals surface area contributed by atoms with Gasteiger partial charge in [-0.1, -0.05) is 0 Å². The summed E-state index contributed by atoms with van der Waals surface area (Å²) in [4.78, 5) is 0. The van der Waals surface area contributed by atoms with Crippen LogP contribution in [0.25, 0.3) is 0 Å². The van der Waals surface area contributed by atoms with Crippen LogP contribution in [0.2, 0.25) is 0 Å². The van der Waals surface area contributed by atoms with Crippen molar-refractivity contribution in [2.45, 2.75) is 13.2 Å². The Kier molecular flexibility index (Phi) is 4.22. The maximum atomic E-state index is 12.3. The lowest BCUT2D eigenvalue weighted by Crippen LogP contribution is -2.05. The van der Waals surface area contributed by atoms with Crippen LogP contribution >= 0.6 is 0 Å². The molecule has 6 heteroatoms. The summed E-state index contributed by atoms with van der Waals surface area (Å²) in [6.45, 7) is -2.37. The van der Waals surface area contributed by atoms with Gasteiger partial charge in [-0.25, -0.2) is 0 Å². The van der Waals surface area contributed by atoms with Gasteiger partial charge in [-0.3, -0.25) is 0 Å². The second-order valence-electron chi connectivity index (χ2n) is 3.73. The Morgan fingerprint density at radius 1 is 1.26 bits per heavy atom. The molecular weight excluding hydrogens is 256 g/mol. The van der Waals surface area contributed by atoms with Crippen LogP contribution in [-0.2, 0) is 6.54 Å². The SMILES string of the molecule is COc1ccc(NCc2ccoc2)cc1OC(F)F. The fourth-order valence-electron chi connectivity index (χ4n) is 1.57. The topological polar surface area (TPSA) is 43.6 Å². The van der Waals surface area contributed by atoms with E-state index < -0.39 is 6.61 Å². The molecule has 0 aliphatic carbocycles. The molecule has 0 aliphatic rings. The lowest BCUT2D eigenvalue weighted by atomic mass is 10.2. The van der Waals surface area contributed by atoms with Crippen molar-refractivity contribution in [2.24, 2.45) is 0 Å². The summed E-state index contributed by atoms with van der Waals surface area (Å²) < 4.78 is 38.8. The van der Waals surface area contributed by atoms with Crippen molar-refractivity contribution >= 4 is 5.69 Å². The van der Waals surface area contributed by atoms with Crippen LogP contribution in [0.5, 0.6) is 11.5 Å². The van der Waals surface area contributed by atoms with Crippen molar-refractivity contribution in [3.05, 3.63) is 42.4 Å². The molecule has 1 N–H and O–H groups in total. The number of alkyl halides is 2. The molecule has 2 aromatic rings. The summed E-state index contributed by atoms with van der Waals surface area (Å²) >= 11 is 0. The largest absolute Gasteiger partial charge is 0.493 e. The van der Waals surface area contributed by atoms with Gasteiger partial charge in [0.15, 0.2) is 11.5 Å². The number of benzene rings is 1. The fraction of sp³-hybridized carbons (Fsp3) is 0.231. The van der Waals surface area contributed by atoms with E-state index in [2.05, 4.69) is 10.1 Å². The molecule has 1 aromatic heterocycles. The van der Waals surface area contributed by atoms with Gasteiger partial charge in [0.05, 0.1) is 19.6 Å². The van der Waals surface area contributed by atoms with Crippen molar-refractivity contribution < 1.29 is 22.7 Å². The highest BCUT2D eigenvalue weighted by atomic mass is 19.3. The molecule has 0 saturated heterocycles. The molecule has 0 fully saturated rings. The van der Waals surface area contributed by atoms with Gasteiger partial charge in [0, 0.05) is 23.9 Å². The van der Waals surface area contributed by atoms with Crippen LogP contribution in [0.4, 0.5) is 14.5 Å². The highest BCUT2D eigenvalue weighted by Gasteiger charge is 2.11. The molecule has 0 amide bonds. The number of ether oxygens (including phenoxy) is 2. The molecule has 0 radical (unpaired) electrons. The molecule has 102 valence electrons. The van der Waals surface area contributed by atoms with E-state index >= 15 is 0 Å². The highest BCUT2D eigenvalue weighted by molar-refractivity contribution is 5.54. The van der Waals surface area contributed by atoms with Gasteiger partial charge in [-0.2, -0.15) is 8.78 Å². The Morgan fingerprint density at radius 2 is 2.11 bits per heavy atom. The number of hydrogen-bond donors (Lipinski definition) is 1. The van der Waals surface area contributed by atoms with Crippen molar-refractivity contribution in [3.8, 4) is 11.5 Å². The maximum Gasteiger partial charge on any atom is 0.387 e. The molecule has 4 nitrogen and oxygen atoms in total. The zero-order valence-electron chi connectivity index (χ0n) is 10.2. The second kappa shape index (κ2) is 6.08. The zero-order chi connectivity index (χ0) is 13.7. The first-order valence-electron chi connectivity index (χ1n) is 5.57. The van der Waals surface area contributed by atoms with E-state index in [1.165, 1.54) is 13.2 Å². The van der Waals surface area contributed by atoms with Gasteiger partial charge in [-0.05, 0) is 18.2 Å². The minimum Gasteiger partial charge on any atom is -0.493 e. The molecule has 1 heterocycles. The number of halogens is 2. The predicted molar refractivity (Wildman–Crippen MR) is 65.7 cm³/mol. The average molecular weight is 269 g/mol. The summed E-state index contributed by atoms with van der Waals surface area (Å²) in [5.74, 6) is 0.254. The third-order valence-electron chi connectivity index (χ3n) is 2.46. The zero-order valence-corrected chi connectivity index (χ0v) is 10.2. The summed E-state index contributed by atoms with van der Waals surface area (Å²) in [7, 11) is 1.40. The highest BCUT2D eigenvalue weighted by Crippen LogP contribution is 2.31. The van der Waals surface area contributed by atoms with E-state index in [0.717, 1.165) is 5.56 Å². The quantitative estimate of drug-likeness (QED) is 0.871. The van der Waals surface area contributed by atoms with Crippen molar-refractivity contribution in [1.29, 1.82) is 0 Å². The van der Waals surface area contributed by atoms with Gasteiger partial charge >= 0.3 is 6.61 Å². The number of rotatable bonds is 6. The first-order chi connectivity index (χ1) is 9.19. The Bertz CT molecular complexity index is 515. The Labute approximate surface area is 108 Å². The van der Waals surface area contributed by atoms with E-state index in [4.69, 9.17) is 9.15 Å². The molecule has 0 spiro atoms. The molecule has 19 heavy (non-hydrogen) atoms. The molecular formula is C13H13F2NO3. The fourth-order valence-corrected chi connectivity index (χ4v) is 1.57. The van der Waals surface area contributed by atoms with E-state index in [9.17, 15) is 8.78 Å². The molecule has 0 unspecified atom stereocenters. The molecule has 0 saturated carbocycles. The Hall–Kier alpha value is -2.24. The minimum atomic E-state index is -2.89. The van der Waals surface area contributed by atoms with Crippen LogP contribution in [-0.4, -0.2) is 13.7 Å². The van der Waals surface area contributed by atoms with Gasteiger partial charge in [0.1, 0.15) is 0 Å². The summed E-state index contributed by atoms with van der Waals surface area (Å²) in [5, 5.41) is 3.07. The number of nitrogens with one attached hydrogen (secondary N) is 1. The van der Waals surface area contributed by atoms with Gasteiger partial charge in [0.2, 0.25) is 0 Å². The van der Waals surface area contributed by atoms with Crippen LogP contribution in [0.1, 0.15) is 5.56 Å². The van der Waals surface area contributed by atoms with Crippen LogP contribution < -0.4 is 14.8 Å². The summed E-state index contributed by atoms with van der Waals surface area (Å²) in [6.07, 6.45) is 3.17. The smallest absolute Gasteiger partial charge is 0.387 e. The molecule has 2 rings (SSSR count). The van der Waals surface area contributed by atoms with Crippen molar-refractivity contribution in [2.75, 3.05) is 12.4 Å².